The first-order chi connectivity index (χ1) is 7.51. The number of rotatable bonds is 3. The van der Waals surface area contributed by atoms with Gasteiger partial charge in [0.15, 0.2) is 6.29 Å². The molecule has 1 amide bonds. The van der Waals surface area contributed by atoms with Crippen LogP contribution >= 0.6 is 22.6 Å². The molecule has 1 saturated heterocycles. The highest BCUT2D eigenvalue weighted by Gasteiger charge is 2.44. The van der Waals surface area contributed by atoms with Crippen LogP contribution in [0.2, 0.25) is 0 Å². The lowest BCUT2D eigenvalue weighted by molar-refractivity contribution is -0.250. The summed E-state index contributed by atoms with van der Waals surface area (Å²) in [6.07, 6.45) is -3.37. The van der Waals surface area contributed by atoms with Gasteiger partial charge in [-0.3, -0.25) is 4.79 Å². The van der Waals surface area contributed by atoms with Crippen molar-refractivity contribution >= 4 is 28.5 Å². The second-order valence-corrected chi connectivity index (χ2v) is 4.52. The summed E-state index contributed by atoms with van der Waals surface area (Å²) in [5.41, 5.74) is 0. The number of alkyl halides is 1. The molecule has 0 unspecified atom stereocenters. The number of ether oxygens (including phenoxy) is 2. The minimum atomic E-state index is -1.10. The van der Waals surface area contributed by atoms with Gasteiger partial charge in [0, 0.05) is 18.5 Å². The Morgan fingerprint density at radius 3 is 2.56 bits per heavy atom. The van der Waals surface area contributed by atoms with Crippen LogP contribution in [0.3, 0.4) is 0 Å². The summed E-state index contributed by atoms with van der Waals surface area (Å²) in [6, 6.07) is -0.753. The maximum Gasteiger partial charge on any atom is 0.217 e. The van der Waals surface area contributed by atoms with Gasteiger partial charge in [0.25, 0.3) is 0 Å². The molecule has 0 aliphatic carbocycles. The van der Waals surface area contributed by atoms with Gasteiger partial charge in [-0.15, -0.1) is 0 Å². The number of aliphatic hydroxyl groups is 2. The number of nitrogens with one attached hydrogen (secondary N) is 1. The van der Waals surface area contributed by atoms with E-state index in [-0.39, 0.29) is 5.91 Å². The van der Waals surface area contributed by atoms with Crippen LogP contribution in [0, 0.1) is 0 Å². The largest absolute Gasteiger partial charge is 0.388 e. The molecular formula is C9H16INO5. The van der Waals surface area contributed by atoms with Crippen molar-refractivity contribution in [3.8, 4) is 0 Å². The number of carbonyl (C=O) groups is 1. The van der Waals surface area contributed by atoms with Gasteiger partial charge in [0.1, 0.15) is 18.2 Å². The highest BCUT2D eigenvalue weighted by molar-refractivity contribution is 14.1. The van der Waals surface area contributed by atoms with Crippen LogP contribution in [0.1, 0.15) is 6.92 Å². The topological polar surface area (TPSA) is 88.0 Å². The van der Waals surface area contributed by atoms with Crippen LogP contribution in [0.4, 0.5) is 0 Å². The van der Waals surface area contributed by atoms with Gasteiger partial charge >= 0.3 is 0 Å². The van der Waals surface area contributed by atoms with Crippen molar-refractivity contribution in [2.24, 2.45) is 0 Å². The van der Waals surface area contributed by atoms with Gasteiger partial charge in [0.05, 0.1) is 6.10 Å². The summed E-state index contributed by atoms with van der Waals surface area (Å²) in [6.45, 7) is 1.33. The Morgan fingerprint density at radius 2 is 2.12 bits per heavy atom. The van der Waals surface area contributed by atoms with Crippen LogP contribution in [-0.2, 0) is 14.3 Å². The number of amides is 1. The van der Waals surface area contributed by atoms with Gasteiger partial charge in [-0.2, -0.15) is 0 Å². The second kappa shape index (κ2) is 6.10. The van der Waals surface area contributed by atoms with Crippen LogP contribution in [0.25, 0.3) is 0 Å². The summed E-state index contributed by atoms with van der Waals surface area (Å²) in [5, 5.41) is 22.1. The van der Waals surface area contributed by atoms with Crippen molar-refractivity contribution in [2.75, 3.05) is 11.5 Å². The van der Waals surface area contributed by atoms with E-state index in [1.54, 1.807) is 0 Å². The van der Waals surface area contributed by atoms with Crippen molar-refractivity contribution in [3.63, 3.8) is 0 Å². The molecule has 5 atom stereocenters. The number of carbonyl (C=O) groups excluding carboxylic acids is 1. The summed E-state index contributed by atoms with van der Waals surface area (Å²) < 4.78 is 11.0. The van der Waals surface area contributed by atoms with Crippen LogP contribution in [0.5, 0.6) is 0 Å². The molecule has 0 spiro atoms. The molecule has 1 heterocycles. The Morgan fingerprint density at radius 1 is 1.50 bits per heavy atom. The number of halogens is 1. The van der Waals surface area contributed by atoms with Crippen LogP contribution in [0.15, 0.2) is 0 Å². The molecule has 0 radical (unpaired) electrons. The molecule has 0 saturated carbocycles. The molecule has 0 aromatic heterocycles. The highest BCUT2D eigenvalue weighted by Crippen LogP contribution is 2.22. The zero-order valence-electron chi connectivity index (χ0n) is 9.09. The maximum atomic E-state index is 11.0. The Hall–Kier alpha value is 0.0400. The van der Waals surface area contributed by atoms with E-state index in [0.29, 0.717) is 4.43 Å². The first-order valence-electron chi connectivity index (χ1n) is 4.88. The van der Waals surface area contributed by atoms with Crippen molar-refractivity contribution in [2.45, 2.75) is 37.6 Å². The summed E-state index contributed by atoms with van der Waals surface area (Å²) in [5.74, 6) is -0.310. The third-order valence-electron chi connectivity index (χ3n) is 2.46. The smallest absolute Gasteiger partial charge is 0.217 e. The van der Waals surface area contributed by atoms with Crippen molar-refractivity contribution in [1.29, 1.82) is 0 Å². The van der Waals surface area contributed by atoms with Gasteiger partial charge < -0.3 is 25.0 Å². The monoisotopic (exact) mass is 345 g/mol. The summed E-state index contributed by atoms with van der Waals surface area (Å²) >= 11 is 2.05. The SMILES string of the molecule is CO[C@@H]1O[C@H](CI)[C@@H](O)[C@@H](O)[C@H]1NC(C)=O. The Balaban J connectivity index is 2.77. The van der Waals surface area contributed by atoms with E-state index in [4.69, 9.17) is 9.47 Å². The Bertz CT molecular complexity index is 250. The zero-order valence-corrected chi connectivity index (χ0v) is 11.2. The van der Waals surface area contributed by atoms with Gasteiger partial charge in [-0.1, -0.05) is 22.6 Å². The lowest BCUT2D eigenvalue weighted by Crippen LogP contribution is -2.64. The average Bonchev–Trinajstić information content (AvgIpc) is 2.25. The fourth-order valence-corrected chi connectivity index (χ4v) is 2.38. The molecule has 6 nitrogen and oxygen atoms in total. The maximum absolute atomic E-state index is 11.0. The van der Waals surface area contributed by atoms with E-state index in [1.165, 1.54) is 14.0 Å². The van der Waals surface area contributed by atoms with Crippen LogP contribution < -0.4 is 5.32 Å². The van der Waals surface area contributed by atoms with Gasteiger partial charge in [0.2, 0.25) is 5.91 Å². The molecule has 1 aliphatic rings. The summed E-state index contributed by atoms with van der Waals surface area (Å²) in [4.78, 5) is 11.0. The fraction of sp³-hybridized carbons (Fsp3) is 0.889. The van der Waals surface area contributed by atoms with E-state index >= 15 is 0 Å². The molecule has 0 aromatic rings. The highest BCUT2D eigenvalue weighted by atomic mass is 127. The predicted octanol–water partition coefficient (Wildman–Crippen LogP) is -0.981. The fourth-order valence-electron chi connectivity index (χ4n) is 1.65. The molecule has 7 heteroatoms. The standard InChI is InChI=1S/C9H16INO5/c1-4(12)11-6-8(14)7(13)5(3-10)16-9(6)15-2/h5-9,13-14H,3H2,1-2H3,(H,11,12)/t5-,6-,7-,8+,9-/m1/s1. The van der Waals surface area contributed by atoms with Gasteiger partial charge in [-0.05, 0) is 0 Å². The molecule has 1 aliphatic heterocycles. The average molecular weight is 345 g/mol. The third-order valence-corrected chi connectivity index (χ3v) is 3.32. The Kier molecular flexibility index (Phi) is 5.38. The van der Waals surface area contributed by atoms with E-state index < -0.39 is 30.6 Å². The lowest BCUT2D eigenvalue weighted by atomic mass is 9.97. The number of hydrogen-bond donors (Lipinski definition) is 3. The molecule has 16 heavy (non-hydrogen) atoms. The molecule has 0 aromatic carbocycles. The van der Waals surface area contributed by atoms with E-state index in [9.17, 15) is 15.0 Å². The number of methoxy groups -OCH3 is 1. The van der Waals surface area contributed by atoms with Crippen molar-refractivity contribution < 1.29 is 24.5 Å². The van der Waals surface area contributed by atoms with Gasteiger partial charge in [-0.25, -0.2) is 0 Å². The molecule has 1 rings (SSSR count). The van der Waals surface area contributed by atoms with Crippen molar-refractivity contribution in [3.05, 3.63) is 0 Å². The zero-order chi connectivity index (χ0) is 12.3. The van der Waals surface area contributed by atoms with E-state index in [0.717, 1.165) is 0 Å². The first kappa shape index (κ1) is 14.1. The van der Waals surface area contributed by atoms with E-state index in [1.807, 2.05) is 0 Å². The first-order valence-corrected chi connectivity index (χ1v) is 6.41. The molecule has 94 valence electrons. The Labute approximate surface area is 107 Å². The third kappa shape index (κ3) is 3.04. The lowest BCUT2D eigenvalue weighted by Gasteiger charge is -2.41. The minimum Gasteiger partial charge on any atom is -0.388 e. The van der Waals surface area contributed by atoms with Crippen LogP contribution in [-0.4, -0.2) is 58.3 Å². The van der Waals surface area contributed by atoms with Crippen molar-refractivity contribution in [1.82, 2.24) is 5.32 Å². The molecule has 3 N–H and O–H groups in total. The van der Waals surface area contributed by atoms with E-state index in [2.05, 4.69) is 27.9 Å². The molecule has 1 fully saturated rings. The predicted molar refractivity (Wildman–Crippen MR) is 64.2 cm³/mol. The quantitative estimate of drug-likeness (QED) is 0.452. The normalized spacial score (nSPS) is 39.4. The molecular weight excluding hydrogens is 329 g/mol. The number of hydrogen-bond acceptors (Lipinski definition) is 5. The number of aliphatic hydroxyl groups excluding tert-OH is 2. The summed E-state index contributed by atoms with van der Waals surface area (Å²) in [7, 11) is 1.42. The molecule has 0 bridgehead atoms. The minimum absolute atomic E-state index is 0.310. The second-order valence-electron chi connectivity index (χ2n) is 3.64.